The van der Waals surface area contributed by atoms with Gasteiger partial charge in [-0.25, -0.2) is 4.98 Å². The summed E-state index contributed by atoms with van der Waals surface area (Å²) in [5, 5.41) is 2.58. The summed E-state index contributed by atoms with van der Waals surface area (Å²) in [6, 6.07) is 20.9. The molecule has 0 saturated heterocycles. The normalized spacial score (nSPS) is 12.4. The summed E-state index contributed by atoms with van der Waals surface area (Å²) in [7, 11) is 0. The highest BCUT2D eigenvalue weighted by molar-refractivity contribution is 6.07. The summed E-state index contributed by atoms with van der Waals surface area (Å²) < 4.78 is 1.75. The van der Waals surface area contributed by atoms with Crippen LogP contribution in [-0.2, 0) is 6.54 Å². The second-order valence-corrected chi connectivity index (χ2v) is 9.00. The zero-order chi connectivity index (χ0) is 23.5. The molecule has 170 valence electrons. The van der Waals surface area contributed by atoms with E-state index in [9.17, 15) is 9.59 Å². The highest BCUT2D eigenvalue weighted by atomic mass is 16.2. The first kappa shape index (κ1) is 22.7. The van der Waals surface area contributed by atoms with Gasteiger partial charge in [-0.15, -0.1) is 0 Å². The summed E-state index contributed by atoms with van der Waals surface area (Å²) in [6.45, 7) is 9.36. The predicted molar refractivity (Wildman–Crippen MR) is 135 cm³/mol. The number of hydrogen-bond donors (Lipinski definition) is 0. The molecule has 1 aromatic heterocycles. The largest absolute Gasteiger partial charge is 0.328 e. The van der Waals surface area contributed by atoms with E-state index < -0.39 is 0 Å². The number of benzene rings is 3. The molecule has 1 atom stereocenters. The van der Waals surface area contributed by atoms with Crippen molar-refractivity contribution in [2.24, 2.45) is 5.92 Å². The van der Waals surface area contributed by atoms with Gasteiger partial charge >= 0.3 is 0 Å². The van der Waals surface area contributed by atoms with Crippen LogP contribution in [0.2, 0.25) is 0 Å². The zero-order valence-corrected chi connectivity index (χ0v) is 19.8. The molecule has 0 fully saturated rings. The van der Waals surface area contributed by atoms with Crippen LogP contribution in [0.15, 0.2) is 71.5 Å². The Morgan fingerprint density at radius 1 is 0.939 bits per heavy atom. The standard InChI is InChI=1S/C28H31N3O2/c1-5-17-30-26(29-25-16-9-8-14-24(25)28(30)33)20(4)31(18-19(2)3)27(32)23-15-10-12-21-11-6-7-13-22(21)23/h6-16,19-20H,5,17-18H2,1-4H3. The number of carbonyl (C=O) groups is 1. The van der Waals surface area contributed by atoms with Crippen LogP contribution in [0.5, 0.6) is 0 Å². The van der Waals surface area contributed by atoms with Gasteiger partial charge in [0.25, 0.3) is 11.5 Å². The fourth-order valence-electron chi connectivity index (χ4n) is 4.46. The van der Waals surface area contributed by atoms with E-state index in [1.54, 1.807) is 4.57 Å². The molecule has 4 aromatic rings. The molecular formula is C28H31N3O2. The minimum atomic E-state index is -0.359. The fourth-order valence-corrected chi connectivity index (χ4v) is 4.46. The molecule has 0 saturated carbocycles. The third kappa shape index (κ3) is 4.40. The summed E-state index contributed by atoms with van der Waals surface area (Å²) in [4.78, 5) is 34.0. The van der Waals surface area contributed by atoms with Crippen molar-refractivity contribution in [1.82, 2.24) is 14.5 Å². The maximum Gasteiger partial charge on any atom is 0.261 e. The number of aromatic nitrogens is 2. The quantitative estimate of drug-likeness (QED) is 0.363. The minimum Gasteiger partial charge on any atom is -0.328 e. The summed E-state index contributed by atoms with van der Waals surface area (Å²) in [6.07, 6.45) is 0.807. The van der Waals surface area contributed by atoms with Gasteiger partial charge in [0.1, 0.15) is 5.82 Å². The zero-order valence-electron chi connectivity index (χ0n) is 19.8. The highest BCUT2D eigenvalue weighted by Gasteiger charge is 2.28. The van der Waals surface area contributed by atoms with Crippen LogP contribution in [-0.4, -0.2) is 26.9 Å². The first-order valence-corrected chi connectivity index (χ1v) is 11.7. The minimum absolute atomic E-state index is 0.0431. The smallest absolute Gasteiger partial charge is 0.261 e. The van der Waals surface area contributed by atoms with E-state index in [1.165, 1.54) is 0 Å². The average Bonchev–Trinajstić information content (AvgIpc) is 2.83. The van der Waals surface area contributed by atoms with Crippen LogP contribution in [0.4, 0.5) is 0 Å². The van der Waals surface area contributed by atoms with Gasteiger partial charge in [0.15, 0.2) is 0 Å². The van der Waals surface area contributed by atoms with E-state index in [2.05, 4.69) is 13.8 Å². The van der Waals surface area contributed by atoms with Crippen molar-refractivity contribution in [2.75, 3.05) is 6.54 Å². The molecule has 0 bridgehead atoms. The molecule has 0 aliphatic carbocycles. The van der Waals surface area contributed by atoms with E-state index in [0.29, 0.717) is 35.4 Å². The maximum atomic E-state index is 13.9. The van der Waals surface area contributed by atoms with Crippen molar-refractivity contribution < 1.29 is 4.79 Å². The summed E-state index contributed by atoms with van der Waals surface area (Å²) in [5.74, 6) is 0.853. The molecule has 4 rings (SSSR count). The molecule has 1 unspecified atom stereocenters. The topological polar surface area (TPSA) is 55.2 Å². The Morgan fingerprint density at radius 3 is 2.33 bits per heavy atom. The van der Waals surface area contributed by atoms with E-state index in [0.717, 1.165) is 17.2 Å². The Balaban J connectivity index is 1.86. The molecule has 1 heterocycles. The van der Waals surface area contributed by atoms with E-state index >= 15 is 0 Å². The van der Waals surface area contributed by atoms with Crippen molar-refractivity contribution in [3.8, 4) is 0 Å². The monoisotopic (exact) mass is 441 g/mol. The van der Waals surface area contributed by atoms with Crippen molar-refractivity contribution in [3.05, 3.63) is 88.5 Å². The van der Waals surface area contributed by atoms with Gasteiger partial charge in [-0.3, -0.25) is 14.2 Å². The molecule has 0 aliphatic rings. The number of hydrogen-bond acceptors (Lipinski definition) is 3. The maximum absolute atomic E-state index is 13.9. The molecule has 5 nitrogen and oxygen atoms in total. The lowest BCUT2D eigenvalue weighted by molar-refractivity contribution is 0.0654. The van der Waals surface area contributed by atoms with Crippen LogP contribution in [0.3, 0.4) is 0 Å². The summed E-state index contributed by atoms with van der Waals surface area (Å²) >= 11 is 0. The molecule has 5 heteroatoms. The molecule has 33 heavy (non-hydrogen) atoms. The first-order valence-electron chi connectivity index (χ1n) is 11.7. The van der Waals surface area contributed by atoms with Gasteiger partial charge in [-0.1, -0.05) is 69.3 Å². The van der Waals surface area contributed by atoms with Crippen molar-refractivity contribution in [1.29, 1.82) is 0 Å². The number of carbonyl (C=O) groups excluding carboxylic acids is 1. The third-order valence-corrected chi connectivity index (χ3v) is 6.02. The molecule has 0 spiro atoms. The van der Waals surface area contributed by atoms with E-state index in [4.69, 9.17) is 4.98 Å². The highest BCUT2D eigenvalue weighted by Crippen LogP contribution is 2.27. The van der Waals surface area contributed by atoms with Gasteiger partial charge in [0.05, 0.1) is 16.9 Å². The van der Waals surface area contributed by atoms with Crippen LogP contribution >= 0.6 is 0 Å². The molecule has 0 aliphatic heterocycles. The Kier molecular flexibility index (Phi) is 6.59. The SMILES string of the molecule is CCCn1c(C(C)N(CC(C)C)C(=O)c2cccc3ccccc23)nc2ccccc2c1=O. The average molecular weight is 442 g/mol. The number of rotatable bonds is 7. The Bertz CT molecular complexity index is 1350. The van der Waals surface area contributed by atoms with Crippen molar-refractivity contribution >= 4 is 27.6 Å². The second kappa shape index (κ2) is 9.57. The lowest BCUT2D eigenvalue weighted by Crippen LogP contribution is -2.40. The third-order valence-electron chi connectivity index (χ3n) is 6.02. The Labute approximate surface area is 194 Å². The molecule has 1 amide bonds. The first-order chi connectivity index (χ1) is 15.9. The van der Waals surface area contributed by atoms with Gasteiger partial charge < -0.3 is 4.90 Å². The van der Waals surface area contributed by atoms with Crippen molar-refractivity contribution in [3.63, 3.8) is 0 Å². The lowest BCUT2D eigenvalue weighted by atomic mass is 10.0. The molecule has 0 N–H and O–H groups in total. The van der Waals surface area contributed by atoms with Crippen molar-refractivity contribution in [2.45, 2.75) is 46.7 Å². The van der Waals surface area contributed by atoms with E-state index in [1.807, 2.05) is 85.5 Å². The second-order valence-electron chi connectivity index (χ2n) is 9.00. The van der Waals surface area contributed by atoms with E-state index in [-0.39, 0.29) is 23.4 Å². The van der Waals surface area contributed by atoms with Gasteiger partial charge in [0.2, 0.25) is 0 Å². The van der Waals surface area contributed by atoms with Crippen LogP contribution in [0.25, 0.3) is 21.7 Å². The van der Waals surface area contributed by atoms with Gasteiger partial charge in [-0.05, 0) is 48.2 Å². The van der Waals surface area contributed by atoms with Gasteiger partial charge in [-0.2, -0.15) is 0 Å². The number of nitrogens with zero attached hydrogens (tertiary/aromatic N) is 3. The number of fused-ring (bicyclic) bond motifs is 2. The molecule has 0 radical (unpaired) electrons. The molecular weight excluding hydrogens is 410 g/mol. The number of para-hydroxylation sites is 1. The Hall–Kier alpha value is -3.47. The van der Waals surface area contributed by atoms with Gasteiger partial charge in [0, 0.05) is 18.7 Å². The summed E-state index contributed by atoms with van der Waals surface area (Å²) in [5.41, 5.74) is 1.29. The lowest BCUT2D eigenvalue weighted by Gasteiger charge is -2.32. The fraction of sp³-hybridized carbons (Fsp3) is 0.321. The predicted octanol–water partition coefficient (Wildman–Crippen LogP) is 5.82. The van der Waals surface area contributed by atoms with Crippen LogP contribution in [0.1, 0.15) is 56.3 Å². The van der Waals surface area contributed by atoms with Crippen LogP contribution in [0, 0.1) is 5.92 Å². The molecule has 3 aromatic carbocycles. The van der Waals surface area contributed by atoms with Crippen LogP contribution < -0.4 is 5.56 Å². The Morgan fingerprint density at radius 2 is 1.61 bits per heavy atom. The number of amides is 1.